The average molecular weight is 249 g/mol. The number of aromatic nitrogens is 3. The van der Waals surface area contributed by atoms with Gasteiger partial charge in [-0.25, -0.2) is 24.1 Å². The molecule has 0 fully saturated rings. The van der Waals surface area contributed by atoms with E-state index in [4.69, 9.17) is 9.84 Å². The molecule has 2 aromatic heterocycles. The zero-order valence-corrected chi connectivity index (χ0v) is 9.08. The third-order valence-corrected chi connectivity index (χ3v) is 2.05. The van der Waals surface area contributed by atoms with E-state index in [-0.39, 0.29) is 18.1 Å². The smallest absolute Gasteiger partial charge is 0.341 e. The predicted molar refractivity (Wildman–Crippen MR) is 57.5 cm³/mol. The Balaban J connectivity index is 2.17. The summed E-state index contributed by atoms with van der Waals surface area (Å²) >= 11 is 0. The molecule has 18 heavy (non-hydrogen) atoms. The van der Waals surface area contributed by atoms with Crippen LogP contribution in [0, 0.1) is 5.82 Å². The molecule has 0 amide bonds. The molecule has 7 heteroatoms. The van der Waals surface area contributed by atoms with Gasteiger partial charge in [0.1, 0.15) is 24.3 Å². The monoisotopic (exact) mass is 249 g/mol. The Labute approximate surface area is 101 Å². The first-order chi connectivity index (χ1) is 8.66. The maximum absolute atomic E-state index is 12.9. The molecule has 2 heterocycles. The number of hydrogen-bond acceptors (Lipinski definition) is 5. The van der Waals surface area contributed by atoms with Gasteiger partial charge in [-0.3, -0.25) is 0 Å². The lowest BCUT2D eigenvalue weighted by atomic mass is 10.2. The molecule has 0 unspecified atom stereocenters. The molecule has 2 rings (SSSR count). The summed E-state index contributed by atoms with van der Waals surface area (Å²) in [6.07, 6.45) is 3.76. The van der Waals surface area contributed by atoms with Gasteiger partial charge in [0.2, 0.25) is 5.88 Å². The second-order valence-corrected chi connectivity index (χ2v) is 3.30. The van der Waals surface area contributed by atoms with Gasteiger partial charge in [0, 0.05) is 6.20 Å². The first-order valence-electron chi connectivity index (χ1n) is 4.93. The van der Waals surface area contributed by atoms with Crippen molar-refractivity contribution in [2.75, 3.05) is 0 Å². The molecule has 0 spiro atoms. The van der Waals surface area contributed by atoms with Gasteiger partial charge in [-0.05, 0) is 12.1 Å². The standard InChI is InChI=1S/C11H8FN3O3/c12-7-3-9(11(16)17)10(14-4-7)18-5-8-1-2-13-6-15-8/h1-4,6H,5H2,(H,16,17). The summed E-state index contributed by atoms with van der Waals surface area (Å²) in [6, 6.07) is 2.47. The molecule has 0 aliphatic rings. The first-order valence-corrected chi connectivity index (χ1v) is 4.93. The molecule has 0 aliphatic carbocycles. The number of pyridine rings is 1. The second-order valence-electron chi connectivity index (χ2n) is 3.30. The van der Waals surface area contributed by atoms with E-state index >= 15 is 0 Å². The highest BCUT2D eigenvalue weighted by molar-refractivity contribution is 5.90. The van der Waals surface area contributed by atoms with Crippen LogP contribution >= 0.6 is 0 Å². The maximum atomic E-state index is 12.9. The van der Waals surface area contributed by atoms with Gasteiger partial charge >= 0.3 is 5.97 Å². The fourth-order valence-corrected chi connectivity index (χ4v) is 1.24. The van der Waals surface area contributed by atoms with E-state index in [9.17, 15) is 9.18 Å². The van der Waals surface area contributed by atoms with Crippen LogP contribution in [-0.2, 0) is 6.61 Å². The van der Waals surface area contributed by atoms with Crippen molar-refractivity contribution in [1.29, 1.82) is 0 Å². The van der Waals surface area contributed by atoms with Crippen LogP contribution in [0.5, 0.6) is 5.88 Å². The van der Waals surface area contributed by atoms with E-state index < -0.39 is 11.8 Å². The summed E-state index contributed by atoms with van der Waals surface area (Å²) in [5.41, 5.74) is 0.233. The van der Waals surface area contributed by atoms with Crippen LogP contribution in [-0.4, -0.2) is 26.0 Å². The van der Waals surface area contributed by atoms with Gasteiger partial charge in [-0.2, -0.15) is 0 Å². The van der Waals surface area contributed by atoms with Crippen LogP contribution in [0.25, 0.3) is 0 Å². The van der Waals surface area contributed by atoms with E-state index in [1.165, 1.54) is 12.5 Å². The minimum atomic E-state index is -1.31. The number of hydrogen-bond donors (Lipinski definition) is 1. The van der Waals surface area contributed by atoms with Gasteiger partial charge in [0.15, 0.2) is 0 Å². The highest BCUT2D eigenvalue weighted by Gasteiger charge is 2.14. The van der Waals surface area contributed by atoms with Gasteiger partial charge < -0.3 is 9.84 Å². The summed E-state index contributed by atoms with van der Waals surface area (Å²) in [6.45, 7) is 0.0292. The van der Waals surface area contributed by atoms with Crippen molar-refractivity contribution in [2.24, 2.45) is 0 Å². The van der Waals surface area contributed by atoms with E-state index in [1.54, 1.807) is 6.07 Å². The largest absolute Gasteiger partial charge is 0.477 e. The third kappa shape index (κ3) is 2.76. The lowest BCUT2D eigenvalue weighted by molar-refractivity contribution is 0.0689. The molecule has 0 saturated heterocycles. The Morgan fingerprint density at radius 1 is 1.44 bits per heavy atom. The number of nitrogens with zero attached hydrogens (tertiary/aromatic N) is 3. The van der Waals surface area contributed by atoms with Crippen LogP contribution in [0.4, 0.5) is 4.39 Å². The maximum Gasteiger partial charge on any atom is 0.341 e. The second kappa shape index (κ2) is 5.17. The lowest BCUT2D eigenvalue weighted by Gasteiger charge is -2.07. The van der Waals surface area contributed by atoms with Crippen molar-refractivity contribution in [2.45, 2.75) is 6.61 Å². The molecular weight excluding hydrogens is 241 g/mol. The number of ether oxygens (including phenoxy) is 1. The normalized spacial score (nSPS) is 10.1. The number of halogens is 1. The van der Waals surface area contributed by atoms with Gasteiger partial charge in [0.05, 0.1) is 11.9 Å². The highest BCUT2D eigenvalue weighted by atomic mass is 19.1. The van der Waals surface area contributed by atoms with Crippen molar-refractivity contribution in [1.82, 2.24) is 15.0 Å². The Hall–Kier alpha value is -2.57. The molecule has 0 atom stereocenters. The Morgan fingerprint density at radius 2 is 2.28 bits per heavy atom. The molecule has 0 aliphatic heterocycles. The number of aromatic carboxylic acids is 1. The number of carboxylic acids is 1. The zero-order chi connectivity index (χ0) is 13.0. The third-order valence-electron chi connectivity index (χ3n) is 2.05. The summed E-state index contributed by atoms with van der Waals surface area (Å²) in [7, 11) is 0. The van der Waals surface area contributed by atoms with Crippen molar-refractivity contribution >= 4 is 5.97 Å². The number of carboxylic acid groups (broad SMARTS) is 1. The van der Waals surface area contributed by atoms with Gasteiger partial charge in [0.25, 0.3) is 0 Å². The summed E-state index contributed by atoms with van der Waals surface area (Å²) in [4.78, 5) is 22.1. The van der Waals surface area contributed by atoms with Crippen LogP contribution in [0.3, 0.4) is 0 Å². The molecule has 0 radical (unpaired) electrons. The molecule has 0 saturated carbocycles. The predicted octanol–water partition coefficient (Wildman–Crippen LogP) is 1.29. The summed E-state index contributed by atoms with van der Waals surface area (Å²) in [5, 5.41) is 8.88. The Kier molecular flexibility index (Phi) is 3.42. The summed E-state index contributed by atoms with van der Waals surface area (Å²) in [5.74, 6) is -2.19. The van der Waals surface area contributed by atoms with Crippen LogP contribution in [0.2, 0.25) is 0 Å². The van der Waals surface area contributed by atoms with E-state index in [0.717, 1.165) is 12.3 Å². The van der Waals surface area contributed by atoms with E-state index in [2.05, 4.69) is 15.0 Å². The lowest BCUT2D eigenvalue weighted by Crippen LogP contribution is -2.06. The topological polar surface area (TPSA) is 85.2 Å². The Morgan fingerprint density at radius 3 is 2.94 bits per heavy atom. The molecular formula is C11H8FN3O3. The fraction of sp³-hybridized carbons (Fsp3) is 0.0909. The number of carbonyl (C=O) groups is 1. The van der Waals surface area contributed by atoms with Crippen LogP contribution in [0.15, 0.2) is 30.9 Å². The highest BCUT2D eigenvalue weighted by Crippen LogP contribution is 2.17. The Bertz CT molecular complexity index is 563. The SMILES string of the molecule is O=C(O)c1cc(F)cnc1OCc1ccncn1. The molecule has 1 N–H and O–H groups in total. The van der Waals surface area contributed by atoms with Gasteiger partial charge in [-0.15, -0.1) is 0 Å². The van der Waals surface area contributed by atoms with Crippen molar-refractivity contribution in [3.63, 3.8) is 0 Å². The molecule has 2 aromatic rings. The van der Waals surface area contributed by atoms with Crippen molar-refractivity contribution in [3.05, 3.63) is 47.9 Å². The molecule has 0 bridgehead atoms. The number of rotatable bonds is 4. The van der Waals surface area contributed by atoms with Crippen LogP contribution < -0.4 is 4.74 Å². The minimum absolute atomic E-state index is 0.0292. The first kappa shape index (κ1) is 11.9. The fourth-order valence-electron chi connectivity index (χ4n) is 1.24. The van der Waals surface area contributed by atoms with Crippen molar-refractivity contribution in [3.8, 4) is 5.88 Å². The quantitative estimate of drug-likeness (QED) is 0.878. The molecule has 0 aromatic carbocycles. The van der Waals surface area contributed by atoms with E-state index in [0.29, 0.717) is 5.69 Å². The average Bonchev–Trinajstić information content (AvgIpc) is 2.38. The molecule has 6 nitrogen and oxygen atoms in total. The zero-order valence-electron chi connectivity index (χ0n) is 9.08. The van der Waals surface area contributed by atoms with Crippen molar-refractivity contribution < 1.29 is 19.0 Å². The minimum Gasteiger partial charge on any atom is -0.477 e. The van der Waals surface area contributed by atoms with Gasteiger partial charge in [-0.1, -0.05) is 0 Å². The van der Waals surface area contributed by atoms with E-state index in [1.807, 2.05) is 0 Å². The molecule has 92 valence electrons. The summed E-state index contributed by atoms with van der Waals surface area (Å²) < 4.78 is 18.1. The van der Waals surface area contributed by atoms with Crippen LogP contribution in [0.1, 0.15) is 16.1 Å².